The van der Waals surface area contributed by atoms with E-state index in [0.717, 1.165) is 5.56 Å². The maximum absolute atomic E-state index is 12.7. The van der Waals surface area contributed by atoms with E-state index >= 15 is 0 Å². The van der Waals surface area contributed by atoms with Crippen LogP contribution >= 0.6 is 0 Å². The van der Waals surface area contributed by atoms with E-state index in [4.69, 9.17) is 9.47 Å². The second-order valence-electron chi connectivity index (χ2n) is 7.75. The Balaban J connectivity index is 2.03. The lowest BCUT2D eigenvalue weighted by Gasteiger charge is -2.33. The van der Waals surface area contributed by atoms with E-state index in [9.17, 15) is 14.4 Å². The van der Waals surface area contributed by atoms with Gasteiger partial charge in [-0.3, -0.25) is 14.5 Å². The van der Waals surface area contributed by atoms with E-state index in [2.05, 4.69) is 5.32 Å². The van der Waals surface area contributed by atoms with Gasteiger partial charge in [-0.1, -0.05) is 6.07 Å². The Hall–Kier alpha value is -2.57. The highest BCUT2D eigenvalue weighted by molar-refractivity contribution is 6.03. The number of nitrogens with zero attached hydrogens (tertiary/aromatic N) is 1. The average Bonchev–Trinajstić information content (AvgIpc) is 2.81. The number of amides is 2. The fourth-order valence-electron chi connectivity index (χ4n) is 3.71. The number of carbonyl (C=O) groups excluding carboxylic acids is 3. The zero-order valence-corrected chi connectivity index (χ0v) is 15.5. The van der Waals surface area contributed by atoms with Gasteiger partial charge in [0.1, 0.15) is 5.60 Å². The molecule has 0 saturated carbocycles. The minimum Gasteiger partial charge on any atom is -0.466 e. The standard InChI is InChI=1S/C19H24N2O5/c1-5-25-15(23)10-19-9-14(22)20-12-7-6-8-13(16(12)19)21(11-19)17(24)26-18(2,3)4/h6-8H,5,9-11H2,1-4H3,(H,20,22). The van der Waals surface area contributed by atoms with Gasteiger partial charge >= 0.3 is 12.1 Å². The van der Waals surface area contributed by atoms with Crippen LogP contribution in [0.1, 0.15) is 46.1 Å². The van der Waals surface area contributed by atoms with Gasteiger partial charge in [0.2, 0.25) is 5.91 Å². The third kappa shape index (κ3) is 3.25. The Kier molecular flexibility index (Phi) is 4.42. The Morgan fingerprint density at radius 2 is 2.04 bits per heavy atom. The molecule has 1 unspecified atom stereocenters. The lowest BCUT2D eigenvalue weighted by Crippen LogP contribution is -2.44. The van der Waals surface area contributed by atoms with Crippen molar-refractivity contribution in [1.29, 1.82) is 0 Å². The third-order valence-electron chi connectivity index (χ3n) is 4.50. The number of hydrogen-bond donors (Lipinski definition) is 1. The summed E-state index contributed by atoms with van der Waals surface area (Å²) in [4.78, 5) is 38.8. The van der Waals surface area contributed by atoms with E-state index < -0.39 is 17.1 Å². The van der Waals surface area contributed by atoms with Gasteiger partial charge in [0, 0.05) is 29.6 Å². The van der Waals surface area contributed by atoms with Gasteiger partial charge in [-0.2, -0.15) is 0 Å². The summed E-state index contributed by atoms with van der Waals surface area (Å²) in [6, 6.07) is 5.37. The van der Waals surface area contributed by atoms with Crippen molar-refractivity contribution in [1.82, 2.24) is 0 Å². The molecule has 1 N–H and O–H groups in total. The normalized spacial score (nSPS) is 21.1. The molecule has 26 heavy (non-hydrogen) atoms. The summed E-state index contributed by atoms with van der Waals surface area (Å²) in [6.07, 6.45) is -0.330. The van der Waals surface area contributed by atoms with Gasteiger partial charge in [-0.15, -0.1) is 0 Å². The van der Waals surface area contributed by atoms with Crippen LogP contribution in [0.4, 0.5) is 16.2 Å². The molecule has 1 atom stereocenters. The van der Waals surface area contributed by atoms with Gasteiger partial charge in [0.05, 0.1) is 18.7 Å². The molecule has 0 spiro atoms. The molecule has 1 aromatic rings. The van der Waals surface area contributed by atoms with Gasteiger partial charge < -0.3 is 14.8 Å². The van der Waals surface area contributed by atoms with Crippen LogP contribution in [0.25, 0.3) is 0 Å². The van der Waals surface area contributed by atoms with Crippen molar-refractivity contribution in [3.8, 4) is 0 Å². The number of carbonyl (C=O) groups is 3. The van der Waals surface area contributed by atoms with Crippen LogP contribution in [0.3, 0.4) is 0 Å². The van der Waals surface area contributed by atoms with E-state index in [1.54, 1.807) is 39.8 Å². The molecule has 0 aliphatic carbocycles. The van der Waals surface area contributed by atoms with Gasteiger partial charge in [-0.05, 0) is 39.8 Å². The summed E-state index contributed by atoms with van der Waals surface area (Å²) in [5.74, 6) is -0.557. The predicted molar refractivity (Wildman–Crippen MR) is 96.2 cm³/mol. The SMILES string of the molecule is CCOC(=O)CC12CC(=O)Nc3cccc(c31)N(C(=O)OC(C)(C)C)C2. The second kappa shape index (κ2) is 6.30. The maximum atomic E-state index is 12.7. The van der Waals surface area contributed by atoms with Crippen molar-refractivity contribution in [3.05, 3.63) is 23.8 Å². The highest BCUT2D eigenvalue weighted by Crippen LogP contribution is 2.51. The molecular weight excluding hydrogens is 336 g/mol. The molecule has 2 heterocycles. The average molecular weight is 360 g/mol. The quantitative estimate of drug-likeness (QED) is 0.838. The monoisotopic (exact) mass is 360 g/mol. The number of ether oxygens (including phenoxy) is 2. The molecule has 2 aliphatic rings. The van der Waals surface area contributed by atoms with Crippen LogP contribution in [0.5, 0.6) is 0 Å². The van der Waals surface area contributed by atoms with Crippen molar-refractivity contribution in [2.45, 2.75) is 51.6 Å². The van der Waals surface area contributed by atoms with E-state index in [-0.39, 0.29) is 37.9 Å². The predicted octanol–water partition coefficient (Wildman–Crippen LogP) is 2.97. The molecule has 2 aliphatic heterocycles. The molecule has 0 saturated heterocycles. The highest BCUT2D eigenvalue weighted by atomic mass is 16.6. The first-order valence-electron chi connectivity index (χ1n) is 8.75. The fourth-order valence-corrected chi connectivity index (χ4v) is 3.71. The number of rotatable bonds is 3. The van der Waals surface area contributed by atoms with Crippen molar-refractivity contribution < 1.29 is 23.9 Å². The molecular formula is C19H24N2O5. The largest absolute Gasteiger partial charge is 0.466 e. The summed E-state index contributed by atoms with van der Waals surface area (Å²) in [7, 11) is 0. The molecule has 0 radical (unpaired) electrons. The third-order valence-corrected chi connectivity index (χ3v) is 4.50. The van der Waals surface area contributed by atoms with Crippen molar-refractivity contribution in [2.75, 3.05) is 23.4 Å². The molecule has 2 amide bonds. The first kappa shape index (κ1) is 18.2. The highest BCUT2D eigenvalue weighted by Gasteiger charge is 2.52. The summed E-state index contributed by atoms with van der Waals surface area (Å²) < 4.78 is 10.6. The molecule has 3 rings (SSSR count). The summed E-state index contributed by atoms with van der Waals surface area (Å²) in [5, 5.41) is 2.84. The Morgan fingerprint density at radius 3 is 2.69 bits per heavy atom. The van der Waals surface area contributed by atoms with Gasteiger partial charge in [0.25, 0.3) is 0 Å². The molecule has 1 aromatic carbocycles. The van der Waals surface area contributed by atoms with Crippen molar-refractivity contribution in [3.63, 3.8) is 0 Å². The zero-order valence-electron chi connectivity index (χ0n) is 15.5. The van der Waals surface area contributed by atoms with E-state index in [1.807, 2.05) is 6.07 Å². The number of benzene rings is 1. The molecule has 0 fully saturated rings. The molecule has 0 aromatic heterocycles. The number of nitrogens with one attached hydrogen (secondary N) is 1. The van der Waals surface area contributed by atoms with Crippen LogP contribution in [-0.4, -0.2) is 36.7 Å². The first-order valence-corrected chi connectivity index (χ1v) is 8.75. The van der Waals surface area contributed by atoms with E-state index in [1.165, 1.54) is 4.90 Å². The Labute approximate surface area is 152 Å². The lowest BCUT2D eigenvalue weighted by molar-refractivity contribution is -0.144. The number of hydrogen-bond acceptors (Lipinski definition) is 5. The van der Waals surface area contributed by atoms with Gasteiger partial charge in [-0.25, -0.2) is 4.79 Å². The van der Waals surface area contributed by atoms with Crippen molar-refractivity contribution >= 4 is 29.3 Å². The molecule has 140 valence electrons. The summed E-state index contributed by atoms with van der Waals surface area (Å²) in [5.41, 5.74) is 0.668. The summed E-state index contributed by atoms with van der Waals surface area (Å²) in [6.45, 7) is 7.62. The minimum absolute atomic E-state index is 0.0393. The Morgan fingerprint density at radius 1 is 1.31 bits per heavy atom. The topological polar surface area (TPSA) is 84.9 Å². The molecule has 0 bridgehead atoms. The van der Waals surface area contributed by atoms with E-state index in [0.29, 0.717) is 11.4 Å². The van der Waals surface area contributed by atoms with Crippen LogP contribution in [0.15, 0.2) is 18.2 Å². The van der Waals surface area contributed by atoms with Crippen LogP contribution < -0.4 is 10.2 Å². The van der Waals surface area contributed by atoms with Gasteiger partial charge in [0.15, 0.2) is 0 Å². The molecule has 7 nitrogen and oxygen atoms in total. The minimum atomic E-state index is -0.794. The zero-order chi connectivity index (χ0) is 19.1. The maximum Gasteiger partial charge on any atom is 0.414 e. The van der Waals surface area contributed by atoms with Crippen LogP contribution in [0, 0.1) is 0 Å². The second-order valence-corrected chi connectivity index (χ2v) is 7.75. The Bertz CT molecular complexity index is 768. The number of esters is 1. The fraction of sp³-hybridized carbons (Fsp3) is 0.526. The smallest absolute Gasteiger partial charge is 0.414 e. The molecule has 7 heteroatoms. The summed E-state index contributed by atoms with van der Waals surface area (Å²) >= 11 is 0. The van der Waals surface area contributed by atoms with Crippen molar-refractivity contribution in [2.24, 2.45) is 0 Å². The number of anilines is 2. The van der Waals surface area contributed by atoms with Crippen LogP contribution in [-0.2, 0) is 24.5 Å². The lowest BCUT2D eigenvalue weighted by atomic mass is 9.73. The first-order chi connectivity index (χ1) is 12.1. The van der Waals surface area contributed by atoms with Crippen LogP contribution in [0.2, 0.25) is 0 Å².